The first kappa shape index (κ1) is 13.9. The maximum absolute atomic E-state index is 10.8. The van der Waals surface area contributed by atoms with Crippen molar-refractivity contribution in [2.75, 3.05) is 18.0 Å². The van der Waals surface area contributed by atoms with Gasteiger partial charge in [0.05, 0.1) is 5.56 Å². The van der Waals surface area contributed by atoms with Crippen LogP contribution < -0.4 is 4.90 Å². The summed E-state index contributed by atoms with van der Waals surface area (Å²) in [7, 11) is 0. The molecule has 5 nitrogen and oxygen atoms in total. The number of nitriles is 1. The second kappa shape index (κ2) is 5.72. The molecule has 1 aromatic heterocycles. The number of hydrogen-bond acceptors (Lipinski definition) is 4. The van der Waals surface area contributed by atoms with Gasteiger partial charge in [0, 0.05) is 25.2 Å². The van der Waals surface area contributed by atoms with Crippen molar-refractivity contribution in [1.82, 2.24) is 4.98 Å². The second-order valence-electron chi connectivity index (χ2n) is 5.98. The van der Waals surface area contributed by atoms with Crippen molar-refractivity contribution in [3.8, 4) is 6.07 Å². The lowest BCUT2D eigenvalue weighted by Crippen LogP contribution is -2.24. The summed E-state index contributed by atoms with van der Waals surface area (Å²) in [4.78, 5) is 17.6. The highest BCUT2D eigenvalue weighted by atomic mass is 16.4. The van der Waals surface area contributed by atoms with E-state index in [0.29, 0.717) is 12.1 Å². The van der Waals surface area contributed by atoms with Gasteiger partial charge in [0.15, 0.2) is 0 Å². The lowest BCUT2D eigenvalue weighted by molar-refractivity contribution is -0.137. The Bertz CT molecular complexity index is 606. The van der Waals surface area contributed by atoms with E-state index in [1.54, 1.807) is 0 Å². The smallest absolute Gasteiger partial charge is 0.303 e. The predicted molar refractivity (Wildman–Crippen MR) is 78.2 cm³/mol. The third-order valence-electron chi connectivity index (χ3n) is 4.45. The molecule has 0 radical (unpaired) electrons. The molecule has 1 fully saturated rings. The zero-order chi connectivity index (χ0) is 14.8. The van der Waals surface area contributed by atoms with Crippen LogP contribution in [0, 0.1) is 17.2 Å². The number of aryl methyl sites for hydroxylation is 2. The van der Waals surface area contributed by atoms with Crippen LogP contribution in [-0.2, 0) is 17.6 Å². The number of aliphatic carboxylic acids is 1. The molecule has 1 aromatic rings. The van der Waals surface area contributed by atoms with E-state index in [-0.39, 0.29) is 12.3 Å². The van der Waals surface area contributed by atoms with Crippen LogP contribution in [0.5, 0.6) is 0 Å². The molecule has 1 aliphatic heterocycles. The molecule has 0 spiro atoms. The van der Waals surface area contributed by atoms with Crippen LogP contribution in [0.1, 0.15) is 42.5 Å². The van der Waals surface area contributed by atoms with Gasteiger partial charge in [-0.1, -0.05) is 0 Å². The van der Waals surface area contributed by atoms with Gasteiger partial charge in [-0.3, -0.25) is 4.79 Å². The highest BCUT2D eigenvalue weighted by Gasteiger charge is 2.28. The fourth-order valence-electron chi connectivity index (χ4n) is 3.38. The molecule has 1 aliphatic carbocycles. The van der Waals surface area contributed by atoms with E-state index < -0.39 is 5.97 Å². The minimum atomic E-state index is -0.749. The Kier molecular flexibility index (Phi) is 3.78. The summed E-state index contributed by atoms with van der Waals surface area (Å²) in [5.74, 6) is 0.165. The highest BCUT2D eigenvalue weighted by Crippen LogP contribution is 2.30. The summed E-state index contributed by atoms with van der Waals surface area (Å²) in [6.45, 7) is 1.48. The van der Waals surface area contributed by atoms with E-state index in [0.717, 1.165) is 43.7 Å². The Morgan fingerprint density at radius 2 is 2.29 bits per heavy atom. The average molecular weight is 285 g/mol. The number of carboxylic acids is 1. The van der Waals surface area contributed by atoms with Gasteiger partial charge < -0.3 is 10.0 Å². The molecular weight excluding hydrogens is 266 g/mol. The Morgan fingerprint density at radius 1 is 1.48 bits per heavy atom. The van der Waals surface area contributed by atoms with Gasteiger partial charge in [-0.2, -0.15) is 5.26 Å². The number of aromatic nitrogens is 1. The molecule has 0 aromatic carbocycles. The van der Waals surface area contributed by atoms with E-state index in [4.69, 9.17) is 10.1 Å². The predicted octanol–water partition coefficient (Wildman–Crippen LogP) is 2.13. The molecule has 2 aliphatic rings. The highest BCUT2D eigenvalue weighted by molar-refractivity contribution is 5.67. The Hall–Kier alpha value is -2.09. The van der Waals surface area contributed by atoms with Crippen LogP contribution in [0.2, 0.25) is 0 Å². The van der Waals surface area contributed by atoms with Crippen LogP contribution in [-0.4, -0.2) is 29.1 Å². The molecule has 2 heterocycles. The van der Waals surface area contributed by atoms with Crippen molar-refractivity contribution < 1.29 is 9.90 Å². The second-order valence-corrected chi connectivity index (χ2v) is 5.98. The van der Waals surface area contributed by atoms with Gasteiger partial charge >= 0.3 is 5.97 Å². The number of anilines is 1. The summed E-state index contributed by atoms with van der Waals surface area (Å²) < 4.78 is 0. The number of carboxylic acid groups (broad SMARTS) is 1. The minimum absolute atomic E-state index is 0.159. The molecule has 3 rings (SSSR count). The first-order valence-corrected chi connectivity index (χ1v) is 7.57. The molecule has 0 amide bonds. The molecule has 1 unspecified atom stereocenters. The van der Waals surface area contributed by atoms with Crippen LogP contribution in [0.4, 0.5) is 5.82 Å². The van der Waals surface area contributed by atoms with Gasteiger partial charge in [0.1, 0.15) is 11.9 Å². The SMILES string of the molecule is N#Cc1cc2c(nc1N1CCC(CC(=O)O)C1)CCCC2. The summed E-state index contributed by atoms with van der Waals surface area (Å²) >= 11 is 0. The van der Waals surface area contributed by atoms with Crippen molar-refractivity contribution in [3.63, 3.8) is 0 Å². The summed E-state index contributed by atoms with van der Waals surface area (Å²) in [6, 6.07) is 4.25. The quantitative estimate of drug-likeness (QED) is 0.920. The van der Waals surface area contributed by atoms with Gasteiger partial charge in [-0.25, -0.2) is 4.98 Å². The molecule has 21 heavy (non-hydrogen) atoms. The van der Waals surface area contributed by atoms with Crippen molar-refractivity contribution >= 4 is 11.8 Å². The maximum Gasteiger partial charge on any atom is 0.303 e. The van der Waals surface area contributed by atoms with Crippen molar-refractivity contribution in [1.29, 1.82) is 5.26 Å². The van der Waals surface area contributed by atoms with Crippen molar-refractivity contribution in [2.24, 2.45) is 5.92 Å². The largest absolute Gasteiger partial charge is 0.481 e. The van der Waals surface area contributed by atoms with Crippen molar-refractivity contribution in [2.45, 2.75) is 38.5 Å². The lowest BCUT2D eigenvalue weighted by atomic mass is 9.95. The van der Waals surface area contributed by atoms with Crippen molar-refractivity contribution in [3.05, 3.63) is 22.9 Å². The van der Waals surface area contributed by atoms with Gasteiger partial charge in [0.25, 0.3) is 0 Å². The number of pyridine rings is 1. The number of hydrogen-bond donors (Lipinski definition) is 1. The number of rotatable bonds is 3. The summed E-state index contributed by atoms with van der Waals surface area (Å²) in [5.41, 5.74) is 2.96. The van der Waals surface area contributed by atoms with Gasteiger partial charge in [0.2, 0.25) is 0 Å². The Balaban J connectivity index is 1.85. The zero-order valence-electron chi connectivity index (χ0n) is 12.0. The lowest BCUT2D eigenvalue weighted by Gasteiger charge is -2.22. The van der Waals surface area contributed by atoms with Crippen LogP contribution in [0.3, 0.4) is 0 Å². The average Bonchev–Trinajstić information content (AvgIpc) is 2.93. The molecule has 110 valence electrons. The van der Waals surface area contributed by atoms with E-state index in [9.17, 15) is 10.1 Å². The fraction of sp³-hybridized carbons (Fsp3) is 0.562. The van der Waals surface area contributed by atoms with Crippen LogP contribution in [0.15, 0.2) is 6.07 Å². The molecule has 0 saturated carbocycles. The molecule has 5 heteroatoms. The van der Waals surface area contributed by atoms with E-state index in [1.807, 2.05) is 6.07 Å². The Labute approximate surface area is 124 Å². The fourth-order valence-corrected chi connectivity index (χ4v) is 3.38. The van der Waals surface area contributed by atoms with Crippen LogP contribution >= 0.6 is 0 Å². The third-order valence-corrected chi connectivity index (χ3v) is 4.45. The van der Waals surface area contributed by atoms with E-state index in [1.165, 1.54) is 12.0 Å². The van der Waals surface area contributed by atoms with Gasteiger partial charge in [-0.15, -0.1) is 0 Å². The minimum Gasteiger partial charge on any atom is -0.481 e. The molecule has 0 bridgehead atoms. The van der Waals surface area contributed by atoms with E-state index >= 15 is 0 Å². The zero-order valence-corrected chi connectivity index (χ0v) is 12.0. The monoisotopic (exact) mass is 285 g/mol. The first-order chi connectivity index (χ1) is 10.2. The standard InChI is InChI=1S/C16H19N3O2/c17-9-13-8-12-3-1-2-4-14(12)18-16(13)19-6-5-11(10-19)7-15(20)21/h8,11H,1-7,10H2,(H,20,21). The first-order valence-electron chi connectivity index (χ1n) is 7.57. The molecule has 1 atom stereocenters. The molecular formula is C16H19N3O2. The summed E-state index contributed by atoms with van der Waals surface area (Å²) in [5, 5.41) is 18.3. The summed E-state index contributed by atoms with van der Waals surface area (Å²) in [6.07, 6.45) is 5.38. The third kappa shape index (κ3) is 2.85. The number of carbonyl (C=O) groups is 1. The number of nitrogens with zero attached hydrogens (tertiary/aromatic N) is 3. The number of fused-ring (bicyclic) bond motifs is 1. The van der Waals surface area contributed by atoms with E-state index in [2.05, 4.69) is 11.0 Å². The maximum atomic E-state index is 10.8. The molecule has 1 saturated heterocycles. The topological polar surface area (TPSA) is 77.2 Å². The van der Waals surface area contributed by atoms with Crippen LogP contribution in [0.25, 0.3) is 0 Å². The van der Waals surface area contributed by atoms with Gasteiger partial charge in [-0.05, 0) is 49.7 Å². The molecule has 1 N–H and O–H groups in total. The Morgan fingerprint density at radius 3 is 3.05 bits per heavy atom. The normalized spacial score (nSPS) is 20.9.